The minimum Gasteiger partial charge on any atom is -0.383 e. The number of rotatable bonds is 9. The Morgan fingerprint density at radius 3 is 3.19 bits per heavy atom. The van der Waals surface area contributed by atoms with Crippen LogP contribution in [-0.2, 0) is 17.7 Å². The van der Waals surface area contributed by atoms with Crippen molar-refractivity contribution in [1.29, 1.82) is 0 Å². The maximum Gasteiger partial charge on any atom is 0.0928 e. The van der Waals surface area contributed by atoms with E-state index in [9.17, 15) is 0 Å². The van der Waals surface area contributed by atoms with Gasteiger partial charge in [-0.1, -0.05) is 13.3 Å². The summed E-state index contributed by atoms with van der Waals surface area (Å²) in [5.74, 6) is 0. The van der Waals surface area contributed by atoms with Crippen LogP contribution in [0.5, 0.6) is 0 Å². The van der Waals surface area contributed by atoms with Gasteiger partial charge in [0.15, 0.2) is 0 Å². The Morgan fingerprint density at radius 1 is 1.48 bits per heavy atom. The minimum absolute atomic E-state index is 0.645. The van der Waals surface area contributed by atoms with Crippen molar-refractivity contribution in [2.45, 2.75) is 51.6 Å². The highest BCUT2D eigenvalue weighted by Gasteiger charge is 2.22. The lowest BCUT2D eigenvalue weighted by Gasteiger charge is -2.35. The molecular weight excluding hydrogens is 282 g/mol. The zero-order chi connectivity index (χ0) is 14.9. The zero-order valence-corrected chi connectivity index (χ0v) is 14.3. The summed E-state index contributed by atoms with van der Waals surface area (Å²) in [6.45, 7) is 7.23. The highest BCUT2D eigenvalue weighted by molar-refractivity contribution is 7.09. The largest absolute Gasteiger partial charge is 0.383 e. The molecule has 0 amide bonds. The number of nitrogens with zero attached hydrogens (tertiary/aromatic N) is 2. The van der Waals surface area contributed by atoms with Crippen LogP contribution in [0.3, 0.4) is 0 Å². The Balaban J connectivity index is 1.82. The first-order valence-corrected chi connectivity index (χ1v) is 9.08. The smallest absolute Gasteiger partial charge is 0.0928 e. The molecule has 1 unspecified atom stereocenters. The highest BCUT2D eigenvalue weighted by atomic mass is 32.1. The number of hydrogen-bond acceptors (Lipinski definition) is 5. The molecule has 1 aliphatic heterocycles. The summed E-state index contributed by atoms with van der Waals surface area (Å²) in [6, 6.07) is 0.645. The third kappa shape index (κ3) is 5.66. The molecule has 0 aliphatic carbocycles. The van der Waals surface area contributed by atoms with E-state index in [-0.39, 0.29) is 0 Å². The Morgan fingerprint density at radius 2 is 2.38 bits per heavy atom. The maximum atomic E-state index is 5.09. The molecule has 1 saturated heterocycles. The van der Waals surface area contributed by atoms with Gasteiger partial charge in [-0.05, 0) is 32.2 Å². The van der Waals surface area contributed by atoms with E-state index in [0.29, 0.717) is 6.04 Å². The molecule has 5 heteroatoms. The molecule has 1 atom stereocenters. The van der Waals surface area contributed by atoms with Gasteiger partial charge in [-0.15, -0.1) is 11.3 Å². The molecular formula is C16H29N3OS. The van der Waals surface area contributed by atoms with Crippen molar-refractivity contribution in [3.63, 3.8) is 0 Å². The molecule has 0 aromatic carbocycles. The standard InChI is InChI=1S/C16H29N3OS/c1-3-6-16-18-14(13-21-16)12-19-9-5-4-7-15(19)11-17-8-10-20-2/h13,15,17H,3-12H2,1-2H3. The second kappa shape index (κ2) is 9.51. The van der Waals surface area contributed by atoms with E-state index in [1.807, 2.05) is 11.3 Å². The number of thiazole rings is 1. The van der Waals surface area contributed by atoms with Crippen molar-refractivity contribution in [2.24, 2.45) is 0 Å². The van der Waals surface area contributed by atoms with E-state index in [4.69, 9.17) is 9.72 Å². The fourth-order valence-electron chi connectivity index (χ4n) is 2.90. The predicted molar refractivity (Wildman–Crippen MR) is 88.9 cm³/mol. The Hall–Kier alpha value is -0.490. The van der Waals surface area contributed by atoms with Crippen LogP contribution in [0, 0.1) is 0 Å². The van der Waals surface area contributed by atoms with Crippen molar-refractivity contribution in [3.8, 4) is 0 Å². The lowest BCUT2D eigenvalue weighted by atomic mass is 10.0. The van der Waals surface area contributed by atoms with E-state index in [1.54, 1.807) is 7.11 Å². The first-order valence-electron chi connectivity index (χ1n) is 8.20. The van der Waals surface area contributed by atoms with Gasteiger partial charge in [0.1, 0.15) is 0 Å². The van der Waals surface area contributed by atoms with Crippen LogP contribution >= 0.6 is 11.3 Å². The maximum absolute atomic E-state index is 5.09. The van der Waals surface area contributed by atoms with Crippen molar-refractivity contribution < 1.29 is 4.74 Å². The van der Waals surface area contributed by atoms with Crippen LogP contribution < -0.4 is 5.32 Å². The normalized spacial score (nSPS) is 20.0. The van der Waals surface area contributed by atoms with Crippen molar-refractivity contribution >= 4 is 11.3 Å². The monoisotopic (exact) mass is 311 g/mol. The van der Waals surface area contributed by atoms with Crippen LogP contribution in [0.15, 0.2) is 5.38 Å². The van der Waals surface area contributed by atoms with Gasteiger partial charge < -0.3 is 10.1 Å². The summed E-state index contributed by atoms with van der Waals surface area (Å²) in [7, 11) is 1.75. The second-order valence-corrected chi connectivity index (χ2v) is 6.74. The first kappa shape index (κ1) is 16.9. The first-order chi connectivity index (χ1) is 10.3. The number of aromatic nitrogens is 1. The van der Waals surface area contributed by atoms with Gasteiger partial charge >= 0.3 is 0 Å². The van der Waals surface area contributed by atoms with Gasteiger partial charge in [-0.25, -0.2) is 4.98 Å². The molecule has 1 aromatic heterocycles. The fourth-order valence-corrected chi connectivity index (χ4v) is 3.79. The van der Waals surface area contributed by atoms with Crippen LogP contribution in [0.25, 0.3) is 0 Å². The summed E-state index contributed by atoms with van der Waals surface area (Å²) in [6.07, 6.45) is 6.27. The summed E-state index contributed by atoms with van der Waals surface area (Å²) in [4.78, 5) is 7.38. The van der Waals surface area contributed by atoms with E-state index < -0.39 is 0 Å². The van der Waals surface area contributed by atoms with Crippen LogP contribution in [0.4, 0.5) is 0 Å². The Kier molecular flexibility index (Phi) is 7.64. The Bertz CT molecular complexity index is 397. The number of likely N-dealkylation sites (tertiary alicyclic amines) is 1. The molecule has 21 heavy (non-hydrogen) atoms. The fraction of sp³-hybridized carbons (Fsp3) is 0.812. The van der Waals surface area contributed by atoms with Crippen molar-refractivity contribution in [3.05, 3.63) is 16.1 Å². The number of hydrogen-bond donors (Lipinski definition) is 1. The van der Waals surface area contributed by atoms with Crippen LogP contribution in [-0.4, -0.2) is 49.3 Å². The topological polar surface area (TPSA) is 37.4 Å². The summed E-state index contributed by atoms with van der Waals surface area (Å²) < 4.78 is 5.09. The van der Waals surface area contributed by atoms with E-state index in [0.717, 1.165) is 32.7 Å². The molecule has 1 fully saturated rings. The van der Waals surface area contributed by atoms with Gasteiger partial charge in [-0.3, -0.25) is 4.90 Å². The van der Waals surface area contributed by atoms with Gasteiger partial charge in [0.2, 0.25) is 0 Å². The van der Waals surface area contributed by atoms with Crippen molar-refractivity contribution in [1.82, 2.24) is 15.2 Å². The average Bonchev–Trinajstić information content (AvgIpc) is 2.93. The second-order valence-electron chi connectivity index (χ2n) is 5.80. The van der Waals surface area contributed by atoms with E-state index in [1.165, 1.54) is 42.9 Å². The molecule has 1 N–H and O–H groups in total. The lowest BCUT2D eigenvalue weighted by Crippen LogP contribution is -2.45. The lowest BCUT2D eigenvalue weighted by molar-refractivity contribution is 0.132. The average molecular weight is 311 g/mol. The molecule has 1 aromatic rings. The molecule has 0 spiro atoms. The molecule has 1 aliphatic rings. The predicted octanol–water partition coefficient (Wildman–Crippen LogP) is 2.69. The van der Waals surface area contributed by atoms with Gasteiger partial charge in [0.05, 0.1) is 17.3 Å². The molecule has 2 heterocycles. The molecule has 4 nitrogen and oxygen atoms in total. The summed E-state index contributed by atoms with van der Waals surface area (Å²) in [5, 5.41) is 7.05. The van der Waals surface area contributed by atoms with E-state index in [2.05, 4.69) is 22.5 Å². The van der Waals surface area contributed by atoms with E-state index >= 15 is 0 Å². The zero-order valence-electron chi connectivity index (χ0n) is 13.4. The number of ether oxygens (including phenoxy) is 1. The SMILES string of the molecule is CCCc1nc(CN2CCCCC2CNCCOC)cs1. The van der Waals surface area contributed by atoms with Crippen molar-refractivity contribution in [2.75, 3.05) is 33.4 Å². The number of nitrogens with one attached hydrogen (secondary N) is 1. The molecule has 120 valence electrons. The third-order valence-electron chi connectivity index (χ3n) is 4.04. The molecule has 2 rings (SSSR count). The number of aryl methyl sites for hydroxylation is 1. The highest BCUT2D eigenvalue weighted by Crippen LogP contribution is 2.20. The van der Waals surface area contributed by atoms with Gasteiger partial charge in [0, 0.05) is 38.2 Å². The minimum atomic E-state index is 0.645. The third-order valence-corrected chi connectivity index (χ3v) is 5.00. The van der Waals surface area contributed by atoms with Gasteiger partial charge in [0.25, 0.3) is 0 Å². The molecule has 0 saturated carbocycles. The van der Waals surface area contributed by atoms with Crippen LogP contribution in [0.2, 0.25) is 0 Å². The molecule has 0 radical (unpaired) electrons. The summed E-state index contributed by atoms with van der Waals surface area (Å²) >= 11 is 1.82. The van der Waals surface area contributed by atoms with Gasteiger partial charge in [-0.2, -0.15) is 0 Å². The van der Waals surface area contributed by atoms with Crippen LogP contribution in [0.1, 0.15) is 43.3 Å². The Labute approximate surface area is 132 Å². The number of piperidine rings is 1. The quantitative estimate of drug-likeness (QED) is 0.712. The number of methoxy groups -OCH3 is 1. The summed E-state index contributed by atoms with van der Waals surface area (Å²) in [5.41, 5.74) is 1.26. The molecule has 0 bridgehead atoms.